The highest BCUT2D eigenvalue weighted by atomic mass is 35.5. The van der Waals surface area contributed by atoms with E-state index in [1.165, 1.54) is 4.90 Å². The Bertz CT molecular complexity index is 946. The Morgan fingerprint density at radius 3 is 2.59 bits per heavy atom. The zero-order chi connectivity index (χ0) is 19.4. The Morgan fingerprint density at radius 2 is 1.96 bits per heavy atom. The van der Waals surface area contributed by atoms with Gasteiger partial charge in [-0.1, -0.05) is 11.6 Å². The molecule has 3 rings (SSSR count). The standard InChI is InChI=1S/C19H23ClN4O2S/c1-14-4-9-17(26-14)12-22(2)13-24-19(27)23(10-11-25-3)18(21-24)15-5-7-16(20)8-6-15/h4-9H,10-13H2,1-3H3/p+1. The number of hydrogen-bond donors (Lipinski definition) is 1. The van der Waals surface area contributed by atoms with Crippen LogP contribution in [0.3, 0.4) is 0 Å². The molecule has 0 aliphatic heterocycles. The topological polar surface area (TPSA) is 49.6 Å². The van der Waals surface area contributed by atoms with E-state index in [1.54, 1.807) is 7.11 Å². The predicted octanol–water partition coefficient (Wildman–Crippen LogP) is 2.95. The number of benzene rings is 1. The number of nitrogens with zero attached hydrogens (tertiary/aromatic N) is 3. The molecule has 1 unspecified atom stereocenters. The summed E-state index contributed by atoms with van der Waals surface area (Å²) in [6.07, 6.45) is 0. The minimum atomic E-state index is 0.564. The number of quaternary nitrogens is 1. The molecule has 0 spiro atoms. The van der Waals surface area contributed by atoms with Crippen molar-refractivity contribution in [3.63, 3.8) is 0 Å². The Balaban J connectivity index is 1.86. The Morgan fingerprint density at radius 1 is 1.22 bits per heavy atom. The number of furan rings is 1. The first-order chi connectivity index (χ1) is 13.0. The van der Waals surface area contributed by atoms with Crippen LogP contribution in [0.1, 0.15) is 11.5 Å². The van der Waals surface area contributed by atoms with Crippen molar-refractivity contribution >= 4 is 23.8 Å². The number of methoxy groups -OCH3 is 1. The van der Waals surface area contributed by atoms with Gasteiger partial charge in [-0.3, -0.25) is 4.57 Å². The summed E-state index contributed by atoms with van der Waals surface area (Å²) < 4.78 is 15.5. The van der Waals surface area contributed by atoms with Gasteiger partial charge in [0.05, 0.1) is 20.2 Å². The van der Waals surface area contributed by atoms with Crippen molar-refractivity contribution in [1.29, 1.82) is 0 Å². The van der Waals surface area contributed by atoms with Crippen molar-refractivity contribution in [3.8, 4) is 11.4 Å². The SMILES string of the molecule is COCCn1c(-c2ccc(Cl)cc2)nn(C[NH+](C)Cc2ccc(C)o2)c1=S. The number of aromatic nitrogens is 3. The van der Waals surface area contributed by atoms with Crippen LogP contribution < -0.4 is 4.90 Å². The van der Waals surface area contributed by atoms with Crippen LogP contribution in [-0.4, -0.2) is 35.1 Å². The van der Waals surface area contributed by atoms with E-state index in [2.05, 4.69) is 7.05 Å². The molecule has 0 saturated heterocycles. The van der Waals surface area contributed by atoms with Gasteiger partial charge in [0.25, 0.3) is 0 Å². The molecule has 0 radical (unpaired) electrons. The van der Waals surface area contributed by atoms with Crippen LogP contribution >= 0.6 is 23.8 Å². The van der Waals surface area contributed by atoms with Gasteiger partial charge in [0.1, 0.15) is 12.3 Å². The summed E-state index contributed by atoms with van der Waals surface area (Å²) in [5, 5.41) is 5.47. The summed E-state index contributed by atoms with van der Waals surface area (Å²) in [4.78, 5) is 1.22. The summed E-state index contributed by atoms with van der Waals surface area (Å²) >= 11 is 11.7. The van der Waals surface area contributed by atoms with Crippen molar-refractivity contribution in [1.82, 2.24) is 14.3 Å². The largest absolute Gasteiger partial charge is 0.460 e. The fraction of sp³-hybridized carbons (Fsp3) is 0.368. The van der Waals surface area contributed by atoms with Crippen molar-refractivity contribution in [2.24, 2.45) is 0 Å². The van der Waals surface area contributed by atoms with E-state index < -0.39 is 0 Å². The number of hydrogen-bond acceptors (Lipinski definition) is 4. The van der Waals surface area contributed by atoms with Crippen molar-refractivity contribution in [2.45, 2.75) is 26.7 Å². The van der Waals surface area contributed by atoms with Gasteiger partial charge >= 0.3 is 0 Å². The monoisotopic (exact) mass is 407 g/mol. The molecule has 0 amide bonds. The predicted molar refractivity (Wildman–Crippen MR) is 107 cm³/mol. The molecule has 2 heterocycles. The van der Waals surface area contributed by atoms with Crippen molar-refractivity contribution < 1.29 is 14.1 Å². The van der Waals surface area contributed by atoms with E-state index >= 15 is 0 Å². The van der Waals surface area contributed by atoms with Crippen LogP contribution in [0.4, 0.5) is 0 Å². The number of nitrogens with one attached hydrogen (secondary N) is 1. The maximum absolute atomic E-state index is 6.02. The molecule has 6 nitrogen and oxygen atoms in total. The third kappa shape index (κ3) is 4.87. The summed E-state index contributed by atoms with van der Waals surface area (Å²) in [5.41, 5.74) is 0.972. The van der Waals surface area contributed by atoms with E-state index in [-0.39, 0.29) is 0 Å². The van der Waals surface area contributed by atoms with Gasteiger partial charge in [-0.25, -0.2) is 0 Å². The third-order valence-corrected chi connectivity index (χ3v) is 4.92. The van der Waals surface area contributed by atoms with Gasteiger partial charge in [-0.05, 0) is 55.5 Å². The molecule has 0 aliphatic carbocycles. The first-order valence-electron chi connectivity index (χ1n) is 8.77. The van der Waals surface area contributed by atoms with E-state index in [1.807, 2.05) is 52.6 Å². The molecule has 2 aromatic heterocycles. The Kier molecular flexibility index (Phi) is 6.49. The molecule has 0 saturated carbocycles. The lowest BCUT2D eigenvalue weighted by Crippen LogP contribution is -3.07. The average molecular weight is 408 g/mol. The highest BCUT2D eigenvalue weighted by Gasteiger charge is 2.16. The first-order valence-corrected chi connectivity index (χ1v) is 9.55. The van der Waals surface area contributed by atoms with Crippen LogP contribution in [0.25, 0.3) is 11.4 Å². The van der Waals surface area contributed by atoms with Crippen LogP contribution in [0.15, 0.2) is 40.8 Å². The molecule has 8 heteroatoms. The highest BCUT2D eigenvalue weighted by Crippen LogP contribution is 2.20. The minimum Gasteiger partial charge on any atom is -0.460 e. The van der Waals surface area contributed by atoms with Gasteiger partial charge in [-0.15, -0.1) is 5.10 Å². The second-order valence-electron chi connectivity index (χ2n) is 6.56. The van der Waals surface area contributed by atoms with Gasteiger partial charge in [0.15, 0.2) is 18.3 Å². The Labute approximate surface area is 168 Å². The van der Waals surface area contributed by atoms with E-state index in [0.717, 1.165) is 29.5 Å². The lowest BCUT2D eigenvalue weighted by Gasteiger charge is -2.12. The minimum absolute atomic E-state index is 0.564. The maximum Gasteiger partial charge on any atom is 0.203 e. The van der Waals surface area contributed by atoms with Crippen LogP contribution in [-0.2, 0) is 24.5 Å². The lowest BCUT2D eigenvalue weighted by molar-refractivity contribution is -0.918. The molecular formula is C19H24ClN4O2S+. The average Bonchev–Trinajstić information content (AvgIpc) is 3.17. The van der Waals surface area contributed by atoms with Gasteiger partial charge in [-0.2, -0.15) is 4.68 Å². The number of ether oxygens (including phenoxy) is 1. The zero-order valence-corrected chi connectivity index (χ0v) is 17.3. The van der Waals surface area contributed by atoms with Gasteiger partial charge in [0.2, 0.25) is 4.77 Å². The second-order valence-corrected chi connectivity index (χ2v) is 7.36. The number of rotatable bonds is 8. The fourth-order valence-electron chi connectivity index (χ4n) is 2.93. The number of halogens is 1. The summed E-state index contributed by atoms with van der Waals surface area (Å²) in [7, 11) is 3.77. The van der Waals surface area contributed by atoms with Gasteiger partial charge < -0.3 is 14.1 Å². The fourth-order valence-corrected chi connectivity index (χ4v) is 3.34. The highest BCUT2D eigenvalue weighted by molar-refractivity contribution is 7.71. The maximum atomic E-state index is 6.02. The summed E-state index contributed by atoms with van der Waals surface area (Å²) in [5.74, 6) is 2.69. The van der Waals surface area contributed by atoms with Crippen LogP contribution in [0.2, 0.25) is 5.02 Å². The molecular weight excluding hydrogens is 384 g/mol. The molecule has 0 bridgehead atoms. The third-order valence-electron chi connectivity index (χ3n) is 4.24. The lowest BCUT2D eigenvalue weighted by atomic mass is 10.2. The Hall–Kier alpha value is -1.93. The summed E-state index contributed by atoms with van der Waals surface area (Å²) in [6.45, 7) is 4.56. The van der Waals surface area contributed by atoms with Crippen LogP contribution in [0, 0.1) is 11.7 Å². The quantitative estimate of drug-likeness (QED) is 0.583. The second kappa shape index (κ2) is 8.84. The normalized spacial score (nSPS) is 12.4. The molecule has 0 aliphatic rings. The molecule has 1 atom stereocenters. The van der Waals surface area contributed by atoms with Crippen molar-refractivity contribution in [3.05, 3.63) is 57.7 Å². The molecule has 144 valence electrons. The molecule has 1 N–H and O–H groups in total. The molecule has 3 aromatic rings. The van der Waals surface area contributed by atoms with E-state index in [4.69, 9.17) is 38.1 Å². The molecule has 27 heavy (non-hydrogen) atoms. The molecule has 0 fully saturated rings. The first kappa shape index (κ1) is 19.8. The summed E-state index contributed by atoms with van der Waals surface area (Å²) in [6, 6.07) is 11.6. The smallest absolute Gasteiger partial charge is 0.203 e. The van der Waals surface area contributed by atoms with E-state index in [9.17, 15) is 0 Å². The van der Waals surface area contributed by atoms with Crippen LogP contribution in [0.5, 0.6) is 0 Å². The van der Waals surface area contributed by atoms with Crippen molar-refractivity contribution in [2.75, 3.05) is 20.8 Å². The molecule has 1 aromatic carbocycles. The number of aryl methyl sites for hydroxylation is 1. The van der Waals surface area contributed by atoms with Gasteiger partial charge in [0, 0.05) is 17.7 Å². The zero-order valence-electron chi connectivity index (χ0n) is 15.7. The van der Waals surface area contributed by atoms with E-state index in [0.29, 0.717) is 29.6 Å².